The van der Waals surface area contributed by atoms with Gasteiger partial charge in [-0.05, 0) is 17.2 Å². The molecule has 8 nitrogen and oxygen atoms in total. The molecule has 1 aliphatic heterocycles. The van der Waals surface area contributed by atoms with Crippen molar-refractivity contribution in [1.82, 2.24) is 9.80 Å². The number of thioether (sulfide) groups is 1. The maximum Gasteiger partial charge on any atom is 0.307 e. The molecule has 1 aliphatic rings. The summed E-state index contributed by atoms with van der Waals surface area (Å²) in [5, 5.41) is 19.8. The van der Waals surface area contributed by atoms with Gasteiger partial charge in [0.15, 0.2) is 0 Å². The molecule has 31 heavy (non-hydrogen) atoms. The molecule has 0 radical (unpaired) electrons. The standard InChI is InChI=1S/C21H21N3O5S2/c25-19(26)13-16-3-1-2-4-18(16)20(27)22-9-11-23(12-10-22)21(30)31-14-15-5-7-17(8-6-15)24(28)29/h1-8H,9-14H2,(H,25,26). The van der Waals surface area contributed by atoms with Crippen LogP contribution in [0.4, 0.5) is 5.69 Å². The minimum atomic E-state index is -0.972. The molecule has 1 saturated heterocycles. The largest absolute Gasteiger partial charge is 0.481 e. The third-order valence-corrected chi connectivity index (χ3v) is 6.52. The van der Waals surface area contributed by atoms with Crippen LogP contribution in [0.25, 0.3) is 0 Å². The van der Waals surface area contributed by atoms with Crippen molar-refractivity contribution in [1.29, 1.82) is 0 Å². The Morgan fingerprint density at radius 1 is 1.03 bits per heavy atom. The Morgan fingerprint density at radius 2 is 1.65 bits per heavy atom. The van der Waals surface area contributed by atoms with Gasteiger partial charge in [-0.3, -0.25) is 19.7 Å². The number of carbonyl (C=O) groups is 2. The van der Waals surface area contributed by atoms with Gasteiger partial charge >= 0.3 is 5.97 Å². The SMILES string of the molecule is O=C(O)Cc1ccccc1C(=O)N1CCN(C(=S)SCc2ccc([N+](=O)[O-])cc2)CC1. The topological polar surface area (TPSA) is 104 Å². The van der Waals surface area contributed by atoms with Crippen LogP contribution in [0.3, 0.4) is 0 Å². The number of hydrogen-bond acceptors (Lipinski definition) is 6. The first-order valence-electron chi connectivity index (χ1n) is 9.59. The molecule has 0 atom stereocenters. The van der Waals surface area contributed by atoms with Gasteiger partial charge in [0.25, 0.3) is 11.6 Å². The fourth-order valence-electron chi connectivity index (χ4n) is 3.26. The van der Waals surface area contributed by atoms with Crippen molar-refractivity contribution >= 4 is 45.9 Å². The van der Waals surface area contributed by atoms with E-state index in [1.165, 1.54) is 23.9 Å². The lowest BCUT2D eigenvalue weighted by molar-refractivity contribution is -0.384. The molecule has 3 rings (SSSR count). The summed E-state index contributed by atoms with van der Waals surface area (Å²) in [4.78, 5) is 38.0. The average molecular weight is 460 g/mol. The minimum Gasteiger partial charge on any atom is -0.481 e. The highest BCUT2D eigenvalue weighted by Crippen LogP contribution is 2.21. The third-order valence-electron chi connectivity index (χ3n) is 4.92. The number of carboxylic acid groups (broad SMARTS) is 1. The van der Waals surface area contributed by atoms with Gasteiger partial charge in [0, 0.05) is 49.6 Å². The van der Waals surface area contributed by atoms with E-state index in [9.17, 15) is 19.7 Å². The van der Waals surface area contributed by atoms with Crippen LogP contribution in [-0.2, 0) is 17.0 Å². The first kappa shape index (κ1) is 22.7. The number of thiocarbonyl (C=S) groups is 1. The predicted octanol–water partition coefficient (Wildman–Crippen LogP) is 3.20. The second-order valence-electron chi connectivity index (χ2n) is 6.99. The van der Waals surface area contributed by atoms with E-state index in [2.05, 4.69) is 0 Å². The number of hydrogen-bond donors (Lipinski definition) is 1. The molecule has 0 saturated carbocycles. The Bertz CT molecular complexity index is 989. The normalized spacial score (nSPS) is 13.7. The highest BCUT2D eigenvalue weighted by molar-refractivity contribution is 8.22. The lowest BCUT2D eigenvalue weighted by Crippen LogP contribution is -2.49. The Morgan fingerprint density at radius 3 is 2.26 bits per heavy atom. The first-order valence-corrected chi connectivity index (χ1v) is 11.0. The Kier molecular flexibility index (Phi) is 7.59. The van der Waals surface area contributed by atoms with Gasteiger partial charge < -0.3 is 14.9 Å². The molecular formula is C21H21N3O5S2. The summed E-state index contributed by atoms with van der Waals surface area (Å²) in [6.45, 7) is 2.19. The molecule has 1 heterocycles. The molecule has 2 aromatic rings. The summed E-state index contributed by atoms with van der Waals surface area (Å²) in [6, 6.07) is 13.2. The van der Waals surface area contributed by atoms with Gasteiger partial charge in [-0.1, -0.05) is 54.3 Å². The number of nitro groups is 1. The van der Waals surface area contributed by atoms with Crippen LogP contribution >= 0.6 is 24.0 Å². The van der Waals surface area contributed by atoms with Crippen LogP contribution in [0.5, 0.6) is 0 Å². The molecule has 0 spiro atoms. The van der Waals surface area contributed by atoms with Gasteiger partial charge in [-0.15, -0.1) is 0 Å². The van der Waals surface area contributed by atoms with E-state index in [0.717, 1.165) is 9.88 Å². The molecule has 0 aromatic heterocycles. The number of benzene rings is 2. The monoisotopic (exact) mass is 459 g/mol. The number of piperazine rings is 1. The number of carbonyl (C=O) groups excluding carboxylic acids is 1. The summed E-state index contributed by atoms with van der Waals surface area (Å²) in [7, 11) is 0. The fraction of sp³-hybridized carbons (Fsp3) is 0.286. The van der Waals surface area contributed by atoms with Gasteiger partial charge in [0.05, 0.1) is 11.3 Å². The number of amides is 1. The summed E-state index contributed by atoms with van der Waals surface area (Å²) in [5.74, 6) is -0.528. The number of carboxylic acids is 1. The van der Waals surface area contributed by atoms with Crippen LogP contribution < -0.4 is 0 Å². The molecule has 1 fully saturated rings. The molecular weight excluding hydrogens is 438 g/mol. The summed E-state index contributed by atoms with van der Waals surface area (Å²) < 4.78 is 0.719. The van der Waals surface area contributed by atoms with Crippen LogP contribution in [0, 0.1) is 10.1 Å². The second-order valence-corrected chi connectivity index (χ2v) is 8.59. The maximum absolute atomic E-state index is 12.9. The van der Waals surface area contributed by atoms with Crippen LogP contribution in [-0.4, -0.2) is 62.2 Å². The molecule has 162 valence electrons. The number of nitrogens with zero attached hydrogens (tertiary/aromatic N) is 3. The van der Waals surface area contributed by atoms with Gasteiger partial charge in [0.1, 0.15) is 4.32 Å². The highest BCUT2D eigenvalue weighted by atomic mass is 32.2. The van der Waals surface area contributed by atoms with Crippen LogP contribution in [0.1, 0.15) is 21.5 Å². The van der Waals surface area contributed by atoms with Gasteiger partial charge in [-0.2, -0.15) is 0 Å². The first-order chi connectivity index (χ1) is 14.8. The zero-order valence-corrected chi connectivity index (χ0v) is 18.2. The Labute approximate surface area is 189 Å². The quantitative estimate of drug-likeness (QED) is 0.399. The van der Waals surface area contributed by atoms with E-state index in [1.807, 2.05) is 4.90 Å². The Balaban J connectivity index is 1.52. The van der Waals surface area contributed by atoms with Crippen molar-refractivity contribution in [3.05, 3.63) is 75.3 Å². The zero-order valence-electron chi connectivity index (χ0n) is 16.6. The highest BCUT2D eigenvalue weighted by Gasteiger charge is 2.25. The summed E-state index contributed by atoms with van der Waals surface area (Å²) in [6.07, 6.45) is -0.189. The van der Waals surface area contributed by atoms with Crippen molar-refractivity contribution in [2.24, 2.45) is 0 Å². The van der Waals surface area contributed by atoms with E-state index < -0.39 is 10.9 Å². The van der Waals surface area contributed by atoms with Gasteiger partial charge in [0.2, 0.25) is 0 Å². The molecule has 10 heteroatoms. The number of non-ortho nitro benzene ring substituents is 1. The lowest BCUT2D eigenvalue weighted by atomic mass is 10.0. The van der Waals surface area contributed by atoms with Crippen molar-refractivity contribution in [3.8, 4) is 0 Å². The third kappa shape index (κ3) is 6.02. The smallest absolute Gasteiger partial charge is 0.307 e. The molecule has 1 N–H and O–H groups in total. The van der Waals surface area contributed by atoms with E-state index in [1.54, 1.807) is 41.3 Å². The molecule has 0 unspecified atom stereocenters. The zero-order chi connectivity index (χ0) is 22.4. The summed E-state index contributed by atoms with van der Waals surface area (Å²) >= 11 is 7.00. The fourth-order valence-corrected chi connectivity index (χ4v) is 4.47. The number of rotatable bonds is 6. The van der Waals surface area contributed by atoms with Crippen molar-refractivity contribution in [3.63, 3.8) is 0 Å². The minimum absolute atomic E-state index is 0.0574. The number of nitro benzene ring substituents is 1. The van der Waals surface area contributed by atoms with Crippen molar-refractivity contribution < 1.29 is 19.6 Å². The van der Waals surface area contributed by atoms with E-state index in [4.69, 9.17) is 17.3 Å². The predicted molar refractivity (Wildman–Crippen MR) is 122 cm³/mol. The van der Waals surface area contributed by atoms with E-state index >= 15 is 0 Å². The molecule has 0 bridgehead atoms. The maximum atomic E-state index is 12.9. The lowest BCUT2D eigenvalue weighted by Gasteiger charge is -2.36. The van der Waals surface area contributed by atoms with E-state index in [-0.39, 0.29) is 18.0 Å². The molecule has 0 aliphatic carbocycles. The van der Waals surface area contributed by atoms with Crippen LogP contribution in [0.15, 0.2) is 48.5 Å². The van der Waals surface area contributed by atoms with Crippen molar-refractivity contribution in [2.45, 2.75) is 12.2 Å². The molecule has 2 aromatic carbocycles. The van der Waals surface area contributed by atoms with E-state index in [0.29, 0.717) is 43.1 Å². The molecule has 1 amide bonds. The summed E-state index contributed by atoms with van der Waals surface area (Å²) in [5.41, 5.74) is 1.94. The second kappa shape index (κ2) is 10.4. The Hall–Kier alpha value is -2.98. The number of aliphatic carboxylic acids is 1. The van der Waals surface area contributed by atoms with Crippen molar-refractivity contribution in [2.75, 3.05) is 26.2 Å². The van der Waals surface area contributed by atoms with Crippen LogP contribution in [0.2, 0.25) is 0 Å². The van der Waals surface area contributed by atoms with Gasteiger partial charge in [-0.25, -0.2) is 0 Å². The average Bonchev–Trinajstić information content (AvgIpc) is 2.77.